The molecule has 0 saturated heterocycles. The fraction of sp³-hybridized carbons (Fsp3) is 0. The van der Waals surface area contributed by atoms with E-state index in [1.54, 1.807) is 0 Å². The molecular formula is C14H6BrNNa2O8S2. The molecule has 0 amide bonds. The Labute approximate surface area is 212 Å². The zero-order valence-electron chi connectivity index (χ0n) is 14.3. The zero-order valence-corrected chi connectivity index (χ0v) is 21.6. The van der Waals surface area contributed by atoms with Crippen LogP contribution in [0, 0.1) is 0 Å². The molecule has 1 aliphatic rings. The van der Waals surface area contributed by atoms with Crippen LogP contribution in [0.2, 0.25) is 0 Å². The Morgan fingerprint density at radius 2 is 1.36 bits per heavy atom. The summed E-state index contributed by atoms with van der Waals surface area (Å²) >= 11 is 2.93. The molecule has 0 saturated carbocycles. The van der Waals surface area contributed by atoms with Crippen molar-refractivity contribution >= 4 is 53.4 Å². The van der Waals surface area contributed by atoms with E-state index in [0.29, 0.717) is 0 Å². The zero-order chi connectivity index (χ0) is 19.6. The van der Waals surface area contributed by atoms with E-state index in [-0.39, 0.29) is 80.3 Å². The molecule has 0 bridgehead atoms. The van der Waals surface area contributed by atoms with E-state index in [2.05, 4.69) is 15.9 Å². The summed E-state index contributed by atoms with van der Waals surface area (Å²) in [5, 5.41) is 0. The SMILES string of the molecule is Nc1c(S(=O)(=O)[O-])cc(Br)c2c1C(=O)c1ccc(S(=O)(=O)[O-])cc1C2=O.[Na+].[Na+]. The summed E-state index contributed by atoms with van der Waals surface area (Å²) in [6.07, 6.45) is 0. The van der Waals surface area contributed by atoms with Crippen molar-refractivity contribution in [2.45, 2.75) is 9.79 Å². The molecule has 1 aliphatic carbocycles. The van der Waals surface area contributed by atoms with Crippen molar-refractivity contribution in [3.63, 3.8) is 0 Å². The molecule has 3 rings (SSSR count). The van der Waals surface area contributed by atoms with E-state index in [1.165, 1.54) is 0 Å². The summed E-state index contributed by atoms with van der Waals surface area (Å²) < 4.78 is 67.2. The third kappa shape index (κ3) is 4.32. The molecule has 0 unspecified atom stereocenters. The van der Waals surface area contributed by atoms with Gasteiger partial charge in [0.2, 0.25) is 0 Å². The number of anilines is 1. The van der Waals surface area contributed by atoms with Crippen LogP contribution < -0.4 is 64.8 Å². The van der Waals surface area contributed by atoms with Gasteiger partial charge in [0, 0.05) is 15.6 Å². The second kappa shape index (κ2) is 8.55. The van der Waals surface area contributed by atoms with Gasteiger partial charge in [-0.05, 0) is 40.2 Å². The number of benzene rings is 2. The summed E-state index contributed by atoms with van der Waals surface area (Å²) in [6.45, 7) is 0. The fourth-order valence-electron chi connectivity index (χ4n) is 2.64. The van der Waals surface area contributed by atoms with Crippen molar-refractivity contribution in [2.24, 2.45) is 0 Å². The molecule has 0 atom stereocenters. The summed E-state index contributed by atoms with van der Waals surface area (Å²) in [5.41, 5.74) is 3.54. The maximum absolute atomic E-state index is 12.7. The van der Waals surface area contributed by atoms with Gasteiger partial charge in [-0.1, -0.05) is 0 Å². The Bertz CT molecular complexity index is 1240. The first-order valence-corrected chi connectivity index (χ1v) is 10.2. The van der Waals surface area contributed by atoms with Crippen molar-refractivity contribution in [3.05, 3.63) is 51.0 Å². The molecule has 28 heavy (non-hydrogen) atoms. The molecule has 14 heteroatoms. The molecule has 0 radical (unpaired) electrons. The van der Waals surface area contributed by atoms with Gasteiger partial charge in [-0.25, -0.2) is 16.8 Å². The molecule has 0 aromatic heterocycles. The molecule has 0 heterocycles. The van der Waals surface area contributed by atoms with Crippen molar-refractivity contribution in [1.29, 1.82) is 0 Å². The maximum Gasteiger partial charge on any atom is 1.00 e. The number of carbonyl (C=O) groups excluding carboxylic acids is 2. The van der Waals surface area contributed by atoms with Gasteiger partial charge in [-0.3, -0.25) is 9.59 Å². The average molecular weight is 506 g/mol. The van der Waals surface area contributed by atoms with Gasteiger partial charge >= 0.3 is 59.1 Å². The van der Waals surface area contributed by atoms with E-state index in [9.17, 15) is 35.5 Å². The Balaban J connectivity index is 0.00000196. The molecule has 2 aromatic carbocycles. The number of hydrogen-bond donors (Lipinski definition) is 1. The number of hydrogen-bond acceptors (Lipinski definition) is 9. The van der Waals surface area contributed by atoms with Gasteiger partial charge in [0.1, 0.15) is 20.2 Å². The first kappa shape index (κ1) is 25.9. The number of fused-ring (bicyclic) bond motifs is 2. The Morgan fingerprint density at radius 3 is 1.86 bits per heavy atom. The van der Waals surface area contributed by atoms with Crippen molar-refractivity contribution in [3.8, 4) is 0 Å². The molecule has 9 nitrogen and oxygen atoms in total. The largest absolute Gasteiger partial charge is 1.00 e. The van der Waals surface area contributed by atoms with Crippen LogP contribution in [0.4, 0.5) is 5.69 Å². The molecule has 2 aromatic rings. The molecule has 0 aliphatic heterocycles. The van der Waals surface area contributed by atoms with E-state index >= 15 is 0 Å². The fourth-order valence-corrected chi connectivity index (χ4v) is 4.53. The van der Waals surface area contributed by atoms with Crippen LogP contribution >= 0.6 is 15.9 Å². The number of carbonyl (C=O) groups is 2. The van der Waals surface area contributed by atoms with Crippen molar-refractivity contribution < 1.29 is 94.6 Å². The van der Waals surface area contributed by atoms with Crippen LogP contribution in [0.1, 0.15) is 31.8 Å². The average Bonchev–Trinajstić information content (AvgIpc) is 2.51. The number of nitrogen functional groups attached to an aromatic ring is 1. The van der Waals surface area contributed by atoms with Crippen LogP contribution in [0.25, 0.3) is 0 Å². The van der Waals surface area contributed by atoms with Gasteiger partial charge in [0.15, 0.2) is 11.6 Å². The van der Waals surface area contributed by atoms with E-state index in [1.807, 2.05) is 0 Å². The predicted molar refractivity (Wildman–Crippen MR) is 87.8 cm³/mol. The summed E-state index contributed by atoms with van der Waals surface area (Å²) in [4.78, 5) is 23.8. The number of rotatable bonds is 2. The van der Waals surface area contributed by atoms with E-state index < -0.39 is 52.8 Å². The van der Waals surface area contributed by atoms with Crippen LogP contribution in [0.15, 0.2) is 38.5 Å². The second-order valence-electron chi connectivity index (χ2n) is 5.29. The normalized spacial score (nSPS) is 13.1. The second-order valence-corrected chi connectivity index (χ2v) is 8.88. The van der Waals surface area contributed by atoms with Gasteiger partial charge < -0.3 is 14.8 Å². The number of ketones is 2. The quantitative estimate of drug-likeness (QED) is 0.202. The van der Waals surface area contributed by atoms with E-state index in [4.69, 9.17) is 5.73 Å². The molecular weight excluding hydrogens is 500 g/mol. The van der Waals surface area contributed by atoms with Crippen molar-refractivity contribution in [2.75, 3.05) is 5.73 Å². The first-order valence-electron chi connectivity index (χ1n) is 6.61. The Kier molecular flexibility index (Phi) is 7.92. The standard InChI is InChI=1S/C14H8BrNO8S2.2Na/c15-8-4-9(26(22,23)24)12(16)11-10(8)14(18)7-3-5(25(19,20)21)1-2-6(7)13(11)17;;/h1-4H,16H2,(H,19,20,21)(H,22,23,24);;/q;2*+1/p-2. The first-order chi connectivity index (χ1) is 11.8. The minimum absolute atomic E-state index is 0. The summed E-state index contributed by atoms with van der Waals surface area (Å²) in [5.74, 6) is -1.73. The predicted octanol–water partition coefficient (Wildman–Crippen LogP) is -5.38. The van der Waals surface area contributed by atoms with Crippen molar-refractivity contribution in [1.82, 2.24) is 0 Å². The van der Waals surface area contributed by atoms with Crippen LogP contribution in [0.3, 0.4) is 0 Å². The molecule has 136 valence electrons. The molecule has 0 fully saturated rings. The van der Waals surface area contributed by atoms with Gasteiger partial charge in [-0.2, -0.15) is 0 Å². The Hall–Kier alpha value is -0.120. The smallest absolute Gasteiger partial charge is 0.744 e. The van der Waals surface area contributed by atoms with Crippen LogP contribution in [0.5, 0.6) is 0 Å². The maximum atomic E-state index is 12.7. The van der Waals surface area contributed by atoms with Crippen LogP contribution in [-0.2, 0) is 20.2 Å². The monoisotopic (exact) mass is 505 g/mol. The minimum Gasteiger partial charge on any atom is -0.744 e. The number of nitrogens with two attached hydrogens (primary N) is 1. The van der Waals surface area contributed by atoms with Crippen LogP contribution in [-0.4, -0.2) is 37.5 Å². The molecule has 2 N–H and O–H groups in total. The summed E-state index contributed by atoms with van der Waals surface area (Å²) in [7, 11) is -9.89. The topological polar surface area (TPSA) is 175 Å². The van der Waals surface area contributed by atoms with Gasteiger partial charge in [0.05, 0.1) is 26.6 Å². The Morgan fingerprint density at radius 1 is 0.821 bits per heavy atom. The summed E-state index contributed by atoms with van der Waals surface area (Å²) in [6, 6.07) is 3.36. The number of halogens is 1. The molecule has 0 spiro atoms. The third-order valence-corrected chi connectivity index (χ3v) is 6.11. The minimum atomic E-state index is -5.02. The van der Waals surface area contributed by atoms with Gasteiger partial charge in [-0.15, -0.1) is 0 Å². The van der Waals surface area contributed by atoms with E-state index in [0.717, 1.165) is 24.3 Å². The third-order valence-electron chi connectivity index (χ3n) is 3.77. The van der Waals surface area contributed by atoms with Gasteiger partial charge in [0.25, 0.3) is 0 Å².